The zero-order chi connectivity index (χ0) is 26.7. The first-order valence-electron chi connectivity index (χ1n) is 11.6. The van der Waals surface area contributed by atoms with Gasteiger partial charge in [-0.3, -0.25) is 19.2 Å². The van der Waals surface area contributed by atoms with Gasteiger partial charge in [-0.1, -0.05) is 12.1 Å². The highest BCUT2D eigenvalue weighted by Gasteiger charge is 2.50. The summed E-state index contributed by atoms with van der Waals surface area (Å²) in [6.07, 6.45) is -2.52. The molecule has 37 heavy (non-hydrogen) atoms. The van der Waals surface area contributed by atoms with Crippen LogP contribution in [0.4, 0.5) is 0 Å². The summed E-state index contributed by atoms with van der Waals surface area (Å²) in [7, 11) is 0. The summed E-state index contributed by atoms with van der Waals surface area (Å²) >= 11 is 0. The highest BCUT2D eigenvalue weighted by atomic mass is 16.6. The Labute approximate surface area is 211 Å². The van der Waals surface area contributed by atoms with E-state index in [0.29, 0.717) is 16.5 Å². The summed E-state index contributed by atoms with van der Waals surface area (Å²) < 4.78 is 27.8. The predicted molar refractivity (Wildman–Crippen MR) is 130 cm³/mol. The van der Waals surface area contributed by atoms with Gasteiger partial charge >= 0.3 is 17.9 Å². The van der Waals surface area contributed by atoms with E-state index in [2.05, 4.69) is 0 Å². The molecule has 3 aromatic rings. The summed E-state index contributed by atoms with van der Waals surface area (Å²) in [6, 6.07) is 12.7. The Balaban J connectivity index is 1.61. The maximum absolute atomic E-state index is 12.5. The van der Waals surface area contributed by atoms with Crippen LogP contribution in [0.5, 0.6) is 11.5 Å². The standard InChI is InChI=1S/C27H26O10/c1-14(28)33-13-18-11-25(27(35-16(3)30)26(18)34-15(2)29)37-23-9-8-17(10-21(23)32)24-12-20(31)19-6-4-5-7-22(19)36-24/h4-10,12,18,25-27,32H,11,13H2,1-3H3. The zero-order valence-corrected chi connectivity index (χ0v) is 20.5. The van der Waals surface area contributed by atoms with E-state index in [4.69, 9.17) is 23.4 Å². The third kappa shape index (κ3) is 5.91. The van der Waals surface area contributed by atoms with Crippen LogP contribution in [-0.2, 0) is 28.6 Å². The topological polar surface area (TPSA) is 139 Å². The number of rotatable bonds is 7. The van der Waals surface area contributed by atoms with Gasteiger partial charge in [0.05, 0.1) is 12.0 Å². The van der Waals surface area contributed by atoms with Crippen molar-refractivity contribution >= 4 is 28.9 Å². The molecule has 1 N–H and O–H groups in total. The third-order valence-corrected chi connectivity index (χ3v) is 5.95. The zero-order valence-electron chi connectivity index (χ0n) is 20.5. The predicted octanol–water partition coefficient (Wildman–Crippen LogP) is 3.36. The van der Waals surface area contributed by atoms with Crippen molar-refractivity contribution in [2.24, 2.45) is 5.92 Å². The number of fused-ring (bicyclic) bond motifs is 1. The number of phenolic OH excluding ortho intramolecular Hbond substituents is 1. The van der Waals surface area contributed by atoms with Crippen molar-refractivity contribution in [2.75, 3.05) is 6.61 Å². The highest BCUT2D eigenvalue weighted by molar-refractivity contribution is 5.78. The van der Waals surface area contributed by atoms with E-state index >= 15 is 0 Å². The number of esters is 3. The average molecular weight is 510 g/mol. The lowest BCUT2D eigenvalue weighted by molar-refractivity contribution is -0.170. The first kappa shape index (κ1) is 25.7. The molecule has 2 aromatic carbocycles. The molecule has 1 aromatic heterocycles. The number of phenols is 1. The van der Waals surface area contributed by atoms with Gasteiger partial charge in [0.15, 0.2) is 23.0 Å². The number of benzene rings is 2. The molecule has 4 atom stereocenters. The second kappa shape index (κ2) is 10.7. The molecule has 0 aliphatic heterocycles. The Morgan fingerprint density at radius 2 is 1.65 bits per heavy atom. The monoisotopic (exact) mass is 510 g/mol. The molecule has 1 fully saturated rings. The minimum Gasteiger partial charge on any atom is -0.504 e. The molecule has 0 spiro atoms. The quantitative estimate of drug-likeness (QED) is 0.372. The van der Waals surface area contributed by atoms with Gasteiger partial charge in [-0.2, -0.15) is 0 Å². The van der Waals surface area contributed by atoms with Gasteiger partial charge in [0.2, 0.25) is 0 Å². The maximum atomic E-state index is 12.5. The maximum Gasteiger partial charge on any atom is 0.303 e. The van der Waals surface area contributed by atoms with Crippen molar-refractivity contribution in [1.82, 2.24) is 0 Å². The molecule has 1 aliphatic carbocycles. The molecule has 0 saturated heterocycles. The van der Waals surface area contributed by atoms with Gasteiger partial charge in [0.1, 0.15) is 23.6 Å². The Hall–Kier alpha value is -4.34. The number of carbonyl (C=O) groups excluding carboxylic acids is 3. The summed E-state index contributed by atoms with van der Waals surface area (Å²) in [5, 5.41) is 11.2. The molecule has 10 heteroatoms. The molecule has 4 rings (SSSR count). The van der Waals surface area contributed by atoms with Crippen LogP contribution in [0.25, 0.3) is 22.3 Å². The van der Waals surface area contributed by atoms with Crippen LogP contribution < -0.4 is 10.2 Å². The van der Waals surface area contributed by atoms with E-state index in [1.807, 2.05) is 0 Å². The van der Waals surface area contributed by atoms with Gasteiger partial charge in [-0.15, -0.1) is 0 Å². The van der Waals surface area contributed by atoms with Crippen molar-refractivity contribution in [1.29, 1.82) is 0 Å². The van der Waals surface area contributed by atoms with E-state index in [-0.39, 0.29) is 35.7 Å². The lowest BCUT2D eigenvalue weighted by Crippen LogP contribution is -2.41. The number of aromatic hydroxyl groups is 1. The fourth-order valence-corrected chi connectivity index (χ4v) is 4.42. The normalized spacial score (nSPS) is 20.8. The fourth-order valence-electron chi connectivity index (χ4n) is 4.42. The molecule has 194 valence electrons. The Morgan fingerprint density at radius 3 is 2.32 bits per heavy atom. The van der Waals surface area contributed by atoms with Crippen LogP contribution in [-0.4, -0.2) is 47.9 Å². The van der Waals surface area contributed by atoms with Crippen molar-refractivity contribution in [3.05, 3.63) is 58.8 Å². The van der Waals surface area contributed by atoms with Crippen LogP contribution >= 0.6 is 0 Å². The van der Waals surface area contributed by atoms with Gasteiger partial charge in [-0.05, 0) is 36.8 Å². The number of para-hydroxylation sites is 1. The van der Waals surface area contributed by atoms with Crippen LogP contribution in [0.3, 0.4) is 0 Å². The molecular formula is C27H26O10. The first-order valence-corrected chi connectivity index (χ1v) is 11.6. The number of ether oxygens (including phenoxy) is 4. The van der Waals surface area contributed by atoms with Crippen molar-refractivity contribution in [3.63, 3.8) is 0 Å². The summed E-state index contributed by atoms with van der Waals surface area (Å²) in [5.74, 6) is -2.14. The Morgan fingerprint density at radius 1 is 0.946 bits per heavy atom. The lowest BCUT2D eigenvalue weighted by atomic mass is 10.1. The van der Waals surface area contributed by atoms with Gasteiger partial charge < -0.3 is 28.5 Å². The van der Waals surface area contributed by atoms with E-state index in [0.717, 1.165) is 0 Å². The summed E-state index contributed by atoms with van der Waals surface area (Å²) in [5.41, 5.74) is 0.638. The van der Waals surface area contributed by atoms with Gasteiger partial charge in [0.25, 0.3) is 0 Å². The van der Waals surface area contributed by atoms with Crippen molar-refractivity contribution in [2.45, 2.75) is 45.5 Å². The van der Waals surface area contributed by atoms with E-state index in [1.165, 1.54) is 39.0 Å². The number of hydrogen-bond donors (Lipinski definition) is 1. The largest absolute Gasteiger partial charge is 0.504 e. The molecule has 1 heterocycles. The summed E-state index contributed by atoms with van der Waals surface area (Å²) in [4.78, 5) is 47.3. The van der Waals surface area contributed by atoms with E-state index in [9.17, 15) is 24.3 Å². The minimum absolute atomic E-state index is 0.0726. The van der Waals surface area contributed by atoms with Crippen molar-refractivity contribution < 1.29 is 42.9 Å². The smallest absolute Gasteiger partial charge is 0.303 e. The molecule has 1 saturated carbocycles. The molecular weight excluding hydrogens is 484 g/mol. The van der Waals surface area contributed by atoms with Gasteiger partial charge in [-0.25, -0.2) is 0 Å². The molecule has 4 unspecified atom stereocenters. The van der Waals surface area contributed by atoms with Crippen LogP contribution in [0.15, 0.2) is 57.7 Å². The Kier molecular flexibility index (Phi) is 7.47. The second-order valence-electron chi connectivity index (χ2n) is 8.76. The van der Waals surface area contributed by atoms with Crippen molar-refractivity contribution in [3.8, 4) is 22.8 Å². The van der Waals surface area contributed by atoms with Crippen LogP contribution in [0.1, 0.15) is 27.2 Å². The molecule has 0 bridgehead atoms. The summed E-state index contributed by atoms with van der Waals surface area (Å²) in [6.45, 7) is 3.61. The fraction of sp³-hybridized carbons (Fsp3) is 0.333. The third-order valence-electron chi connectivity index (χ3n) is 5.95. The SMILES string of the molecule is CC(=O)OCC1CC(Oc2ccc(-c3cc(=O)c4ccccc4o3)cc2O)C(OC(C)=O)C1OC(C)=O. The second-order valence-corrected chi connectivity index (χ2v) is 8.76. The van der Waals surface area contributed by atoms with E-state index < -0.39 is 42.1 Å². The van der Waals surface area contributed by atoms with Gasteiger partial charge in [0, 0.05) is 38.3 Å². The highest BCUT2D eigenvalue weighted by Crippen LogP contribution is 2.38. The molecule has 0 radical (unpaired) electrons. The lowest BCUT2D eigenvalue weighted by Gasteiger charge is -2.26. The molecule has 10 nitrogen and oxygen atoms in total. The average Bonchev–Trinajstić information content (AvgIpc) is 3.13. The number of carbonyl (C=O) groups is 3. The number of hydrogen-bond acceptors (Lipinski definition) is 10. The van der Waals surface area contributed by atoms with Crippen LogP contribution in [0, 0.1) is 5.92 Å². The minimum atomic E-state index is -1.00. The molecule has 0 amide bonds. The van der Waals surface area contributed by atoms with E-state index in [1.54, 1.807) is 30.3 Å². The first-order chi connectivity index (χ1) is 17.6. The van der Waals surface area contributed by atoms with Crippen LogP contribution in [0.2, 0.25) is 0 Å². The molecule has 1 aliphatic rings. The Bertz CT molecular complexity index is 1390.